The van der Waals surface area contributed by atoms with Crippen LogP contribution in [0.3, 0.4) is 0 Å². The lowest BCUT2D eigenvalue weighted by atomic mass is 10.0. The van der Waals surface area contributed by atoms with E-state index < -0.39 is 5.97 Å². The van der Waals surface area contributed by atoms with Crippen molar-refractivity contribution in [2.45, 2.75) is 6.42 Å². The molecule has 0 saturated heterocycles. The Kier molecular flexibility index (Phi) is 5.16. The molecule has 140 valence electrons. The highest BCUT2D eigenvalue weighted by atomic mass is 16.5. The molecule has 1 aromatic heterocycles. The van der Waals surface area contributed by atoms with Gasteiger partial charge in [0.1, 0.15) is 5.75 Å². The highest BCUT2D eigenvalue weighted by molar-refractivity contribution is 5.96. The molecular weight excluding hydrogens is 346 g/mol. The molecule has 0 atom stereocenters. The zero-order valence-electron chi connectivity index (χ0n) is 15.7. The molecular formula is C21H21NO5. The minimum absolute atomic E-state index is 0.369. The Labute approximate surface area is 157 Å². The maximum atomic E-state index is 11.9. The van der Waals surface area contributed by atoms with Gasteiger partial charge in [-0.1, -0.05) is 6.07 Å². The zero-order valence-corrected chi connectivity index (χ0v) is 15.7. The molecule has 6 nitrogen and oxygen atoms in total. The minimum Gasteiger partial charge on any atom is -0.496 e. The molecule has 0 bridgehead atoms. The molecule has 1 heterocycles. The Bertz CT molecular complexity index is 1020. The first kappa shape index (κ1) is 18.5. The molecule has 0 spiro atoms. The highest BCUT2D eigenvalue weighted by Gasteiger charge is 2.15. The van der Waals surface area contributed by atoms with E-state index in [0.717, 1.165) is 22.0 Å². The van der Waals surface area contributed by atoms with Crippen LogP contribution in [0.4, 0.5) is 0 Å². The van der Waals surface area contributed by atoms with Gasteiger partial charge in [0.2, 0.25) is 0 Å². The average molecular weight is 367 g/mol. The van der Waals surface area contributed by atoms with Crippen molar-refractivity contribution in [1.82, 2.24) is 4.57 Å². The lowest BCUT2D eigenvalue weighted by Crippen LogP contribution is -2.03. The van der Waals surface area contributed by atoms with Crippen molar-refractivity contribution >= 4 is 22.8 Å². The summed E-state index contributed by atoms with van der Waals surface area (Å²) < 4.78 is 17.1. The zero-order chi connectivity index (χ0) is 19.6. The van der Waals surface area contributed by atoms with E-state index in [9.17, 15) is 9.59 Å². The van der Waals surface area contributed by atoms with Crippen LogP contribution in [-0.2, 0) is 22.9 Å². The molecule has 0 fully saturated rings. The van der Waals surface area contributed by atoms with E-state index in [4.69, 9.17) is 14.2 Å². The first-order valence-corrected chi connectivity index (χ1v) is 8.40. The number of carbonyl (C=O) groups is 2. The van der Waals surface area contributed by atoms with Crippen LogP contribution >= 0.6 is 0 Å². The maximum absolute atomic E-state index is 11.9. The molecule has 0 amide bonds. The van der Waals surface area contributed by atoms with E-state index >= 15 is 0 Å². The van der Waals surface area contributed by atoms with Crippen molar-refractivity contribution < 1.29 is 23.8 Å². The Morgan fingerprint density at radius 1 is 0.889 bits per heavy atom. The van der Waals surface area contributed by atoms with Gasteiger partial charge in [-0.25, -0.2) is 9.59 Å². The third-order valence-corrected chi connectivity index (χ3v) is 4.58. The molecule has 0 radical (unpaired) electrons. The van der Waals surface area contributed by atoms with E-state index in [0.29, 0.717) is 23.3 Å². The van der Waals surface area contributed by atoms with Crippen molar-refractivity contribution in [3.63, 3.8) is 0 Å². The summed E-state index contributed by atoms with van der Waals surface area (Å²) in [7, 11) is 6.24. The number of ether oxygens (including phenoxy) is 3. The van der Waals surface area contributed by atoms with Crippen LogP contribution < -0.4 is 4.74 Å². The van der Waals surface area contributed by atoms with Crippen molar-refractivity contribution in [1.29, 1.82) is 0 Å². The summed E-state index contributed by atoms with van der Waals surface area (Å²) in [5, 5.41) is 0.972. The fourth-order valence-electron chi connectivity index (χ4n) is 3.20. The smallest absolute Gasteiger partial charge is 0.337 e. The second kappa shape index (κ2) is 7.53. The molecule has 0 aliphatic rings. The first-order chi connectivity index (χ1) is 13.0. The van der Waals surface area contributed by atoms with Crippen LogP contribution in [0.2, 0.25) is 0 Å². The number of aryl methyl sites for hydroxylation is 1. The SMILES string of the molecule is COC(=O)c1ccc(Cc2cn(C)c3ccc(C(=O)OC)cc23)c(OC)c1. The molecule has 0 saturated carbocycles. The first-order valence-electron chi connectivity index (χ1n) is 8.40. The second-order valence-electron chi connectivity index (χ2n) is 6.18. The van der Waals surface area contributed by atoms with Crippen molar-refractivity contribution in [3.8, 4) is 5.75 Å². The predicted molar refractivity (Wildman–Crippen MR) is 101 cm³/mol. The van der Waals surface area contributed by atoms with Crippen LogP contribution in [0.25, 0.3) is 10.9 Å². The summed E-state index contributed by atoms with van der Waals surface area (Å²) in [5.74, 6) is -0.168. The lowest BCUT2D eigenvalue weighted by Gasteiger charge is -2.10. The fourth-order valence-corrected chi connectivity index (χ4v) is 3.20. The summed E-state index contributed by atoms with van der Waals surface area (Å²) in [4.78, 5) is 23.6. The second-order valence-corrected chi connectivity index (χ2v) is 6.18. The van der Waals surface area contributed by atoms with Gasteiger partial charge in [0.05, 0.1) is 32.5 Å². The molecule has 0 aliphatic heterocycles. The average Bonchev–Trinajstić information content (AvgIpc) is 3.01. The van der Waals surface area contributed by atoms with Gasteiger partial charge in [-0.3, -0.25) is 0 Å². The van der Waals surface area contributed by atoms with Crippen LogP contribution in [0, 0.1) is 0 Å². The van der Waals surface area contributed by atoms with Crippen molar-refractivity contribution in [2.75, 3.05) is 21.3 Å². The topological polar surface area (TPSA) is 66.8 Å². The Morgan fingerprint density at radius 2 is 1.52 bits per heavy atom. The highest BCUT2D eigenvalue weighted by Crippen LogP contribution is 2.29. The van der Waals surface area contributed by atoms with Gasteiger partial charge in [-0.2, -0.15) is 0 Å². The van der Waals surface area contributed by atoms with E-state index in [1.807, 2.05) is 36.0 Å². The molecule has 0 N–H and O–H groups in total. The summed E-state index contributed by atoms with van der Waals surface area (Å²) in [6.45, 7) is 0. The standard InChI is InChI=1S/C21H21NO5/c1-22-12-16(17-10-14(20(23)26-3)7-8-18(17)22)9-13-5-6-15(21(24)27-4)11-19(13)25-2/h5-8,10-12H,9H2,1-4H3. The number of fused-ring (bicyclic) bond motifs is 1. The number of hydrogen-bond acceptors (Lipinski definition) is 5. The van der Waals surface area contributed by atoms with Crippen molar-refractivity contribution in [3.05, 3.63) is 64.8 Å². The number of benzene rings is 2. The number of carbonyl (C=O) groups excluding carboxylic acids is 2. The number of rotatable bonds is 5. The molecule has 27 heavy (non-hydrogen) atoms. The Morgan fingerprint density at radius 3 is 2.15 bits per heavy atom. The summed E-state index contributed by atoms with van der Waals surface area (Å²) in [6, 6.07) is 10.7. The van der Waals surface area contributed by atoms with E-state index in [-0.39, 0.29) is 5.97 Å². The normalized spacial score (nSPS) is 10.7. The van der Waals surface area contributed by atoms with E-state index in [1.54, 1.807) is 25.3 Å². The number of esters is 2. The summed E-state index contributed by atoms with van der Waals surface area (Å²) in [6.07, 6.45) is 2.62. The lowest BCUT2D eigenvalue weighted by molar-refractivity contribution is 0.0592. The van der Waals surface area contributed by atoms with E-state index in [1.165, 1.54) is 14.2 Å². The molecule has 6 heteroatoms. The molecule has 0 unspecified atom stereocenters. The van der Waals surface area contributed by atoms with Gasteiger partial charge >= 0.3 is 11.9 Å². The molecule has 3 aromatic rings. The predicted octanol–water partition coefficient (Wildman–Crippen LogP) is 3.35. The fraction of sp³-hybridized carbons (Fsp3) is 0.238. The van der Waals surface area contributed by atoms with Crippen LogP contribution in [0.1, 0.15) is 31.8 Å². The van der Waals surface area contributed by atoms with Crippen LogP contribution in [-0.4, -0.2) is 37.8 Å². The molecule has 3 rings (SSSR count). The van der Waals surface area contributed by atoms with Crippen LogP contribution in [0.5, 0.6) is 5.75 Å². The van der Waals surface area contributed by atoms with Gasteiger partial charge < -0.3 is 18.8 Å². The molecule has 2 aromatic carbocycles. The van der Waals surface area contributed by atoms with Gasteiger partial charge in [0.25, 0.3) is 0 Å². The monoisotopic (exact) mass is 367 g/mol. The third kappa shape index (κ3) is 3.51. The molecule has 0 aliphatic carbocycles. The number of hydrogen-bond donors (Lipinski definition) is 0. The number of methoxy groups -OCH3 is 3. The Balaban J connectivity index is 2.03. The van der Waals surface area contributed by atoms with Crippen molar-refractivity contribution in [2.24, 2.45) is 7.05 Å². The Hall–Kier alpha value is -3.28. The van der Waals surface area contributed by atoms with Gasteiger partial charge in [0, 0.05) is 30.6 Å². The van der Waals surface area contributed by atoms with Gasteiger partial charge in [-0.15, -0.1) is 0 Å². The van der Waals surface area contributed by atoms with Crippen LogP contribution in [0.15, 0.2) is 42.6 Å². The third-order valence-electron chi connectivity index (χ3n) is 4.58. The minimum atomic E-state index is -0.410. The van der Waals surface area contributed by atoms with Gasteiger partial charge in [0.15, 0.2) is 0 Å². The maximum Gasteiger partial charge on any atom is 0.337 e. The summed E-state index contributed by atoms with van der Waals surface area (Å²) >= 11 is 0. The largest absolute Gasteiger partial charge is 0.496 e. The quantitative estimate of drug-likeness (QED) is 0.647. The number of nitrogens with zero attached hydrogens (tertiary/aromatic N) is 1. The van der Waals surface area contributed by atoms with E-state index in [2.05, 4.69) is 0 Å². The van der Waals surface area contributed by atoms with Gasteiger partial charge in [-0.05, 0) is 41.5 Å². The number of aromatic nitrogens is 1. The summed E-state index contributed by atoms with van der Waals surface area (Å²) in [5.41, 5.74) is 3.93.